The van der Waals surface area contributed by atoms with Gasteiger partial charge in [0.05, 0.1) is 24.7 Å². The summed E-state index contributed by atoms with van der Waals surface area (Å²) >= 11 is 0.810. The summed E-state index contributed by atoms with van der Waals surface area (Å²) in [6.45, 7) is -0.0501. The Hall–Kier alpha value is -3.11. The molecule has 1 atom stereocenters. The van der Waals surface area contributed by atoms with Crippen molar-refractivity contribution < 1.29 is 39.1 Å². The number of aliphatic carboxylic acids is 1. The van der Waals surface area contributed by atoms with E-state index in [0.29, 0.717) is 11.3 Å². The number of rotatable bonds is 9. The van der Waals surface area contributed by atoms with E-state index in [9.17, 15) is 19.8 Å². The standard InChI is InChI=1S/C19H21NO8S/c1-26-11-5-3-10(4-6-11)8-28-19(25)12-7-14(27-2)15(21)16(22)17(12)29-9-13(20)18(23)24/h3-7,13,21-22H,8-9,20H2,1-2H3,(H,23,24)/t13-/m0/s1. The molecule has 156 valence electrons. The summed E-state index contributed by atoms with van der Waals surface area (Å²) in [5.41, 5.74) is 6.09. The lowest BCUT2D eigenvalue weighted by atomic mass is 10.1. The number of carboxylic acid groups (broad SMARTS) is 1. The lowest BCUT2D eigenvalue weighted by molar-refractivity contribution is -0.137. The van der Waals surface area contributed by atoms with Gasteiger partial charge in [-0.2, -0.15) is 0 Å². The third kappa shape index (κ3) is 5.46. The van der Waals surface area contributed by atoms with Gasteiger partial charge in [0.1, 0.15) is 18.4 Å². The Balaban J connectivity index is 2.26. The number of nitrogens with two attached hydrogens (primary N) is 1. The normalized spacial score (nSPS) is 11.6. The highest BCUT2D eigenvalue weighted by atomic mass is 32.2. The number of benzene rings is 2. The van der Waals surface area contributed by atoms with Crippen LogP contribution in [0.1, 0.15) is 15.9 Å². The second-order valence-corrected chi connectivity index (χ2v) is 6.86. The molecule has 0 aliphatic heterocycles. The smallest absolute Gasteiger partial charge is 0.339 e. The fourth-order valence-corrected chi connectivity index (χ4v) is 3.28. The summed E-state index contributed by atoms with van der Waals surface area (Å²) in [7, 11) is 2.79. The van der Waals surface area contributed by atoms with Gasteiger partial charge in [0, 0.05) is 5.75 Å². The largest absolute Gasteiger partial charge is 0.503 e. The van der Waals surface area contributed by atoms with Gasteiger partial charge in [0.2, 0.25) is 5.75 Å². The van der Waals surface area contributed by atoms with Crippen molar-refractivity contribution in [2.24, 2.45) is 5.73 Å². The lowest BCUT2D eigenvalue weighted by Crippen LogP contribution is -2.32. The molecule has 0 heterocycles. The SMILES string of the molecule is COc1ccc(COC(=O)c2cc(OC)c(O)c(O)c2SC[C@H](N)C(=O)O)cc1. The Morgan fingerprint density at radius 2 is 1.76 bits per heavy atom. The number of hydrogen-bond donors (Lipinski definition) is 4. The molecule has 29 heavy (non-hydrogen) atoms. The fraction of sp³-hybridized carbons (Fsp3) is 0.263. The molecule has 10 heteroatoms. The minimum Gasteiger partial charge on any atom is -0.503 e. The average molecular weight is 423 g/mol. The number of methoxy groups -OCH3 is 2. The first-order valence-corrected chi connectivity index (χ1v) is 9.31. The van der Waals surface area contributed by atoms with Gasteiger partial charge in [-0.25, -0.2) is 4.79 Å². The second kappa shape index (κ2) is 9.89. The highest BCUT2D eigenvalue weighted by molar-refractivity contribution is 7.99. The number of phenolic OH excluding ortho intramolecular Hbond substituents is 2. The van der Waals surface area contributed by atoms with Gasteiger partial charge in [-0.3, -0.25) is 4.79 Å². The minimum absolute atomic E-state index is 0.0501. The molecule has 0 aliphatic carbocycles. The molecule has 0 saturated heterocycles. The van der Waals surface area contributed by atoms with Crippen LogP contribution >= 0.6 is 11.8 Å². The molecule has 0 aromatic heterocycles. The third-order valence-electron chi connectivity index (χ3n) is 3.89. The quantitative estimate of drug-likeness (QED) is 0.268. The number of carbonyl (C=O) groups excluding carboxylic acids is 1. The molecule has 0 amide bonds. The Bertz CT molecular complexity index is 885. The molecule has 5 N–H and O–H groups in total. The minimum atomic E-state index is -1.24. The van der Waals surface area contributed by atoms with Crippen LogP contribution in [0, 0.1) is 0 Å². The van der Waals surface area contributed by atoms with Gasteiger partial charge >= 0.3 is 11.9 Å². The van der Waals surface area contributed by atoms with E-state index in [2.05, 4.69) is 0 Å². The number of carbonyl (C=O) groups is 2. The molecule has 2 aromatic carbocycles. The summed E-state index contributed by atoms with van der Waals surface area (Å²) < 4.78 is 15.3. The number of carboxylic acids is 1. The molecule has 0 saturated carbocycles. The Labute approximate surface area is 171 Å². The van der Waals surface area contributed by atoms with Crippen LogP contribution in [0.4, 0.5) is 0 Å². The van der Waals surface area contributed by atoms with Gasteiger partial charge in [-0.15, -0.1) is 11.8 Å². The summed E-state index contributed by atoms with van der Waals surface area (Å²) in [6, 6.07) is 6.86. The molecule has 0 aliphatic rings. The molecule has 9 nitrogen and oxygen atoms in total. The molecule has 2 aromatic rings. The summed E-state index contributed by atoms with van der Waals surface area (Å²) in [5, 5.41) is 29.2. The number of phenols is 2. The van der Waals surface area contributed by atoms with Gasteiger partial charge in [-0.1, -0.05) is 12.1 Å². The van der Waals surface area contributed by atoms with Crippen molar-refractivity contribution >= 4 is 23.7 Å². The predicted molar refractivity (Wildman–Crippen MR) is 105 cm³/mol. The van der Waals surface area contributed by atoms with E-state index in [1.807, 2.05) is 0 Å². The zero-order valence-corrected chi connectivity index (χ0v) is 16.6. The third-order valence-corrected chi connectivity index (χ3v) is 5.11. The summed E-state index contributed by atoms with van der Waals surface area (Å²) in [5.74, 6) is -2.85. The van der Waals surface area contributed by atoms with Crippen molar-refractivity contribution in [2.45, 2.75) is 17.5 Å². The van der Waals surface area contributed by atoms with Crippen LogP contribution < -0.4 is 15.2 Å². The second-order valence-electron chi connectivity index (χ2n) is 5.83. The highest BCUT2D eigenvalue weighted by Crippen LogP contribution is 2.45. The van der Waals surface area contributed by atoms with Crippen molar-refractivity contribution in [1.82, 2.24) is 0 Å². The monoisotopic (exact) mass is 423 g/mol. The Morgan fingerprint density at radius 3 is 2.31 bits per heavy atom. The van der Waals surface area contributed by atoms with Crippen LogP contribution in [0.5, 0.6) is 23.0 Å². The maximum Gasteiger partial charge on any atom is 0.339 e. The van der Waals surface area contributed by atoms with Crippen LogP contribution in [-0.2, 0) is 16.1 Å². The van der Waals surface area contributed by atoms with Crippen LogP contribution in [0.2, 0.25) is 0 Å². The molecule has 0 radical (unpaired) electrons. The lowest BCUT2D eigenvalue weighted by Gasteiger charge is -2.15. The van der Waals surface area contributed by atoms with Crippen LogP contribution in [0.3, 0.4) is 0 Å². The number of aromatic hydroxyl groups is 2. The Morgan fingerprint density at radius 1 is 1.10 bits per heavy atom. The van der Waals surface area contributed by atoms with Crippen LogP contribution in [-0.4, -0.2) is 53.3 Å². The molecular weight excluding hydrogens is 402 g/mol. The van der Waals surface area contributed by atoms with E-state index in [-0.39, 0.29) is 28.6 Å². The average Bonchev–Trinajstić information content (AvgIpc) is 2.72. The first-order valence-electron chi connectivity index (χ1n) is 8.32. The maximum absolute atomic E-state index is 12.6. The summed E-state index contributed by atoms with van der Waals surface area (Å²) in [4.78, 5) is 23.5. The molecule has 0 bridgehead atoms. The predicted octanol–water partition coefficient (Wildman–Crippen LogP) is 1.98. The van der Waals surface area contributed by atoms with Gasteiger partial charge in [0.25, 0.3) is 0 Å². The van der Waals surface area contributed by atoms with E-state index in [1.54, 1.807) is 24.3 Å². The number of hydrogen-bond acceptors (Lipinski definition) is 9. The fourth-order valence-electron chi connectivity index (χ4n) is 2.26. The topological polar surface area (TPSA) is 149 Å². The molecule has 0 spiro atoms. The van der Waals surface area contributed by atoms with E-state index in [1.165, 1.54) is 20.3 Å². The number of thioether (sulfide) groups is 1. The highest BCUT2D eigenvalue weighted by Gasteiger charge is 2.25. The molecular formula is C19H21NO8S. The van der Waals surface area contributed by atoms with Crippen molar-refractivity contribution in [1.29, 1.82) is 0 Å². The molecule has 2 rings (SSSR count). The van der Waals surface area contributed by atoms with E-state index in [0.717, 1.165) is 11.8 Å². The maximum atomic E-state index is 12.6. The number of esters is 1. The van der Waals surface area contributed by atoms with Crippen molar-refractivity contribution in [3.05, 3.63) is 41.5 Å². The number of ether oxygens (including phenoxy) is 3. The van der Waals surface area contributed by atoms with Crippen molar-refractivity contribution in [2.75, 3.05) is 20.0 Å². The van der Waals surface area contributed by atoms with Crippen molar-refractivity contribution in [3.63, 3.8) is 0 Å². The van der Waals surface area contributed by atoms with Gasteiger partial charge in [0.15, 0.2) is 11.5 Å². The molecule has 0 unspecified atom stereocenters. The zero-order chi connectivity index (χ0) is 21.6. The van der Waals surface area contributed by atoms with Crippen LogP contribution in [0.25, 0.3) is 0 Å². The summed E-state index contributed by atoms with van der Waals surface area (Å²) in [6.07, 6.45) is 0. The van der Waals surface area contributed by atoms with Gasteiger partial charge < -0.3 is 35.3 Å². The van der Waals surface area contributed by atoms with E-state index in [4.69, 9.17) is 25.1 Å². The van der Waals surface area contributed by atoms with Crippen molar-refractivity contribution in [3.8, 4) is 23.0 Å². The zero-order valence-electron chi connectivity index (χ0n) is 15.7. The molecule has 0 fully saturated rings. The van der Waals surface area contributed by atoms with E-state index < -0.39 is 29.5 Å². The van der Waals surface area contributed by atoms with E-state index >= 15 is 0 Å². The first kappa shape index (κ1) is 22.2. The van der Waals surface area contributed by atoms with Gasteiger partial charge in [-0.05, 0) is 23.8 Å². The Kier molecular flexibility index (Phi) is 7.57. The van der Waals surface area contributed by atoms with Crippen LogP contribution in [0.15, 0.2) is 35.2 Å². The first-order chi connectivity index (χ1) is 13.8.